The molecule has 0 N–H and O–H groups in total. The number of nitro groups is 1. The number of aromatic nitrogens is 1. The third-order valence-corrected chi connectivity index (χ3v) is 4.11. The molecule has 0 aliphatic heterocycles. The smallest absolute Gasteiger partial charge is 0.285 e. The quantitative estimate of drug-likeness (QED) is 0.483. The van der Waals surface area contributed by atoms with Gasteiger partial charge in [-0.3, -0.25) is 14.9 Å². The summed E-state index contributed by atoms with van der Waals surface area (Å²) in [6, 6.07) is 2.50. The zero-order valence-corrected chi connectivity index (χ0v) is 10.1. The lowest BCUT2D eigenvalue weighted by atomic mass is 10.1. The molecule has 6 heteroatoms. The van der Waals surface area contributed by atoms with Crippen molar-refractivity contribution in [1.82, 2.24) is 4.57 Å². The highest BCUT2D eigenvalue weighted by atomic mass is 79.9. The molecule has 0 aromatic carbocycles. The van der Waals surface area contributed by atoms with E-state index in [-0.39, 0.29) is 16.7 Å². The summed E-state index contributed by atoms with van der Waals surface area (Å²) in [5, 5.41) is 11.4. The highest BCUT2D eigenvalue weighted by molar-refractivity contribution is 9.09. The highest BCUT2D eigenvalue weighted by Crippen LogP contribution is 2.48. The van der Waals surface area contributed by atoms with Crippen molar-refractivity contribution in [1.29, 1.82) is 0 Å². The second-order valence-electron chi connectivity index (χ2n) is 4.24. The minimum absolute atomic E-state index is 0.0371. The third kappa shape index (κ3) is 2.16. The van der Waals surface area contributed by atoms with Crippen LogP contribution in [0.15, 0.2) is 23.1 Å². The molecule has 1 aromatic heterocycles. The minimum atomic E-state index is -0.482. The molecule has 0 spiro atoms. The largest absolute Gasteiger partial charge is 0.308 e. The summed E-state index contributed by atoms with van der Waals surface area (Å²) in [5.74, 6) is 0. The Bertz CT molecular complexity index is 479. The number of rotatable bonds is 4. The Morgan fingerprint density at radius 2 is 2.19 bits per heavy atom. The van der Waals surface area contributed by atoms with Crippen molar-refractivity contribution in [2.24, 2.45) is 5.41 Å². The van der Waals surface area contributed by atoms with Gasteiger partial charge in [-0.15, -0.1) is 0 Å². The molecule has 1 aromatic rings. The maximum absolute atomic E-state index is 11.5. The predicted molar refractivity (Wildman–Crippen MR) is 62.8 cm³/mol. The lowest BCUT2D eigenvalue weighted by Gasteiger charge is -2.12. The van der Waals surface area contributed by atoms with E-state index in [0.717, 1.165) is 18.2 Å². The second-order valence-corrected chi connectivity index (χ2v) is 4.80. The molecule has 0 unspecified atom stereocenters. The van der Waals surface area contributed by atoms with Crippen molar-refractivity contribution in [3.8, 4) is 0 Å². The van der Waals surface area contributed by atoms with Crippen LogP contribution in [-0.4, -0.2) is 14.8 Å². The van der Waals surface area contributed by atoms with Crippen LogP contribution < -0.4 is 5.56 Å². The van der Waals surface area contributed by atoms with Crippen LogP contribution in [0.1, 0.15) is 12.8 Å². The van der Waals surface area contributed by atoms with Gasteiger partial charge < -0.3 is 4.57 Å². The van der Waals surface area contributed by atoms with Gasteiger partial charge in [-0.25, -0.2) is 0 Å². The molecule has 2 rings (SSSR count). The van der Waals surface area contributed by atoms with Crippen LogP contribution in [0.5, 0.6) is 0 Å². The van der Waals surface area contributed by atoms with E-state index in [1.54, 1.807) is 0 Å². The Morgan fingerprint density at radius 1 is 1.50 bits per heavy atom. The fourth-order valence-electron chi connectivity index (χ4n) is 1.62. The highest BCUT2D eigenvalue weighted by Gasteiger charge is 2.42. The summed E-state index contributed by atoms with van der Waals surface area (Å²) in [7, 11) is 0. The van der Waals surface area contributed by atoms with E-state index < -0.39 is 4.92 Å². The summed E-state index contributed by atoms with van der Waals surface area (Å²) in [6.07, 6.45) is 3.45. The van der Waals surface area contributed by atoms with Crippen molar-refractivity contribution >= 4 is 21.6 Å². The Balaban J connectivity index is 2.29. The van der Waals surface area contributed by atoms with Crippen LogP contribution in [0.4, 0.5) is 5.69 Å². The first kappa shape index (κ1) is 11.3. The van der Waals surface area contributed by atoms with E-state index in [1.165, 1.54) is 22.9 Å². The lowest BCUT2D eigenvalue weighted by Crippen LogP contribution is -2.24. The monoisotopic (exact) mass is 286 g/mol. The SMILES string of the molecule is O=c1ccc([N+](=O)[O-])cn1CC1(CBr)CC1. The fourth-order valence-corrected chi connectivity index (χ4v) is 2.36. The molecule has 86 valence electrons. The molecule has 5 nitrogen and oxygen atoms in total. The molecule has 1 aliphatic carbocycles. The number of hydrogen-bond acceptors (Lipinski definition) is 3. The van der Waals surface area contributed by atoms with Gasteiger partial charge >= 0.3 is 0 Å². The number of pyridine rings is 1. The Labute approximate surface area is 100 Å². The Morgan fingerprint density at radius 3 is 2.69 bits per heavy atom. The number of nitrogens with zero attached hydrogens (tertiary/aromatic N) is 2. The molecule has 0 saturated heterocycles. The van der Waals surface area contributed by atoms with Crippen LogP contribution in [0.2, 0.25) is 0 Å². The van der Waals surface area contributed by atoms with Crippen LogP contribution >= 0.6 is 15.9 Å². The topological polar surface area (TPSA) is 65.1 Å². The lowest BCUT2D eigenvalue weighted by molar-refractivity contribution is -0.385. The van der Waals surface area contributed by atoms with Gasteiger partial charge in [0.2, 0.25) is 0 Å². The average Bonchev–Trinajstić information content (AvgIpc) is 3.02. The van der Waals surface area contributed by atoms with Crippen molar-refractivity contribution in [3.05, 3.63) is 38.8 Å². The molecular weight excluding hydrogens is 276 g/mol. The molecule has 16 heavy (non-hydrogen) atoms. The number of halogens is 1. The zero-order valence-electron chi connectivity index (χ0n) is 8.56. The van der Waals surface area contributed by atoms with E-state index in [4.69, 9.17) is 0 Å². The maximum atomic E-state index is 11.5. The van der Waals surface area contributed by atoms with E-state index in [0.29, 0.717) is 6.54 Å². The minimum Gasteiger partial charge on any atom is -0.308 e. The molecule has 1 heterocycles. The van der Waals surface area contributed by atoms with Gasteiger partial charge in [-0.05, 0) is 18.3 Å². The zero-order chi connectivity index (χ0) is 11.8. The number of hydrogen-bond donors (Lipinski definition) is 0. The first-order valence-electron chi connectivity index (χ1n) is 4.97. The van der Waals surface area contributed by atoms with Crippen molar-refractivity contribution in [2.75, 3.05) is 5.33 Å². The van der Waals surface area contributed by atoms with Crippen molar-refractivity contribution < 1.29 is 4.92 Å². The van der Waals surface area contributed by atoms with E-state index >= 15 is 0 Å². The first-order chi connectivity index (χ1) is 7.56. The maximum Gasteiger partial charge on any atom is 0.285 e. The number of alkyl halides is 1. The van der Waals surface area contributed by atoms with Gasteiger partial charge in [0, 0.05) is 24.0 Å². The molecule has 0 bridgehead atoms. The molecule has 1 aliphatic rings. The summed E-state index contributed by atoms with van der Waals surface area (Å²) >= 11 is 3.41. The summed E-state index contributed by atoms with van der Waals surface area (Å²) < 4.78 is 1.44. The van der Waals surface area contributed by atoms with Crippen molar-refractivity contribution in [2.45, 2.75) is 19.4 Å². The summed E-state index contributed by atoms with van der Waals surface area (Å²) in [6.45, 7) is 0.554. The second kappa shape index (κ2) is 4.01. The van der Waals surface area contributed by atoms with E-state index in [1.807, 2.05) is 0 Å². The summed E-state index contributed by atoms with van der Waals surface area (Å²) in [5.41, 5.74) is -0.0956. The third-order valence-electron chi connectivity index (χ3n) is 2.93. The molecule has 0 amide bonds. The van der Waals surface area contributed by atoms with E-state index in [9.17, 15) is 14.9 Å². The van der Waals surface area contributed by atoms with E-state index in [2.05, 4.69) is 15.9 Å². The predicted octanol–water partition coefficient (Wildman–Crippen LogP) is 1.93. The Kier molecular flexibility index (Phi) is 2.84. The first-order valence-corrected chi connectivity index (χ1v) is 6.09. The molecule has 0 radical (unpaired) electrons. The summed E-state index contributed by atoms with van der Waals surface area (Å²) in [4.78, 5) is 21.7. The normalized spacial score (nSPS) is 17.1. The molecular formula is C10H11BrN2O3. The molecule has 1 saturated carbocycles. The Hall–Kier alpha value is -1.17. The van der Waals surface area contributed by atoms with Gasteiger partial charge in [0.05, 0.1) is 11.1 Å². The standard InChI is InChI=1S/C10H11BrN2O3/c11-6-10(3-4-10)7-12-5-8(13(15)16)1-2-9(12)14/h1-2,5H,3-4,6-7H2. The van der Waals surface area contributed by atoms with Gasteiger partial charge in [-0.1, -0.05) is 15.9 Å². The van der Waals surface area contributed by atoms with Crippen molar-refractivity contribution in [3.63, 3.8) is 0 Å². The van der Waals surface area contributed by atoms with Crippen LogP contribution in [-0.2, 0) is 6.54 Å². The fraction of sp³-hybridized carbons (Fsp3) is 0.500. The van der Waals surface area contributed by atoms with Crippen LogP contribution in [0.25, 0.3) is 0 Å². The van der Waals surface area contributed by atoms with Crippen LogP contribution in [0, 0.1) is 15.5 Å². The van der Waals surface area contributed by atoms with Gasteiger partial charge in [0.15, 0.2) is 0 Å². The molecule has 0 atom stereocenters. The van der Waals surface area contributed by atoms with Gasteiger partial charge in [0.25, 0.3) is 11.2 Å². The van der Waals surface area contributed by atoms with Crippen LogP contribution in [0.3, 0.4) is 0 Å². The average molecular weight is 287 g/mol. The molecule has 1 fully saturated rings. The van der Waals surface area contributed by atoms with Gasteiger partial charge in [0.1, 0.15) is 0 Å². The van der Waals surface area contributed by atoms with Gasteiger partial charge in [-0.2, -0.15) is 0 Å².